The van der Waals surface area contributed by atoms with Crippen molar-refractivity contribution in [3.63, 3.8) is 0 Å². The van der Waals surface area contributed by atoms with Gasteiger partial charge in [0.2, 0.25) is 0 Å². The molecule has 0 N–H and O–H groups in total. The van der Waals surface area contributed by atoms with E-state index in [1.54, 1.807) is 0 Å². The molecule has 0 amide bonds. The molecule has 1 atom stereocenters. The molecule has 12 heavy (non-hydrogen) atoms. The zero-order chi connectivity index (χ0) is 9.40. The van der Waals surface area contributed by atoms with Crippen LogP contribution in [0.5, 0.6) is 0 Å². The normalized spacial score (nSPS) is 13.8. The fraction of sp³-hybridized carbons (Fsp3) is 1.00. The monoisotopic (exact) mass is 171 g/mol. The second kappa shape index (κ2) is 7.60. The van der Waals surface area contributed by atoms with Gasteiger partial charge in [-0.15, -0.1) is 0 Å². The molecule has 0 rings (SSSR count). The standard InChI is InChI=1S/C11H25N/c1-5-11(3)9-7-8-10-12(4)6-2/h11H,5-10H2,1-4H3. The first-order chi connectivity index (χ1) is 5.70. The molecule has 1 nitrogen and oxygen atoms in total. The van der Waals surface area contributed by atoms with Gasteiger partial charge in [-0.3, -0.25) is 0 Å². The van der Waals surface area contributed by atoms with Crippen LogP contribution in [0.4, 0.5) is 0 Å². The molecule has 0 bridgehead atoms. The highest BCUT2D eigenvalue weighted by Gasteiger charge is 1.99. The second-order valence-electron chi connectivity index (χ2n) is 3.91. The van der Waals surface area contributed by atoms with E-state index in [-0.39, 0.29) is 0 Å². The molecule has 0 aliphatic rings. The number of rotatable bonds is 7. The quantitative estimate of drug-likeness (QED) is 0.532. The van der Waals surface area contributed by atoms with Gasteiger partial charge >= 0.3 is 0 Å². The van der Waals surface area contributed by atoms with Crippen LogP contribution in [-0.2, 0) is 0 Å². The minimum absolute atomic E-state index is 0.928. The average molecular weight is 171 g/mol. The summed E-state index contributed by atoms with van der Waals surface area (Å²) >= 11 is 0. The molecule has 0 aromatic rings. The fourth-order valence-electron chi connectivity index (χ4n) is 1.24. The van der Waals surface area contributed by atoms with Gasteiger partial charge in [-0.1, -0.05) is 40.0 Å². The van der Waals surface area contributed by atoms with Crippen LogP contribution in [0.1, 0.15) is 46.5 Å². The van der Waals surface area contributed by atoms with Crippen LogP contribution in [0.15, 0.2) is 0 Å². The van der Waals surface area contributed by atoms with Crippen LogP contribution in [0, 0.1) is 5.92 Å². The molecule has 1 heteroatoms. The van der Waals surface area contributed by atoms with Crippen molar-refractivity contribution in [1.82, 2.24) is 4.90 Å². The molecular formula is C11H25N. The summed E-state index contributed by atoms with van der Waals surface area (Å²) in [7, 11) is 2.20. The third kappa shape index (κ3) is 6.66. The highest BCUT2D eigenvalue weighted by atomic mass is 15.1. The lowest BCUT2D eigenvalue weighted by Gasteiger charge is -2.14. The second-order valence-corrected chi connectivity index (χ2v) is 3.91. The lowest BCUT2D eigenvalue weighted by Crippen LogP contribution is -2.18. The smallest absolute Gasteiger partial charge is 0.00219 e. The summed E-state index contributed by atoms with van der Waals surface area (Å²) in [6, 6.07) is 0. The van der Waals surface area contributed by atoms with Crippen LogP contribution in [-0.4, -0.2) is 25.0 Å². The summed E-state index contributed by atoms with van der Waals surface area (Å²) in [6.45, 7) is 9.30. The molecule has 0 aliphatic heterocycles. The minimum atomic E-state index is 0.928. The van der Waals surface area contributed by atoms with E-state index in [0.29, 0.717) is 0 Å². The Balaban J connectivity index is 3.10. The Hall–Kier alpha value is -0.0400. The van der Waals surface area contributed by atoms with E-state index in [1.165, 1.54) is 38.8 Å². The zero-order valence-corrected chi connectivity index (χ0v) is 9.27. The number of unbranched alkanes of at least 4 members (excludes halogenated alkanes) is 1. The first-order valence-corrected chi connectivity index (χ1v) is 5.39. The fourth-order valence-corrected chi connectivity index (χ4v) is 1.24. The van der Waals surface area contributed by atoms with Crippen LogP contribution in [0.2, 0.25) is 0 Å². The van der Waals surface area contributed by atoms with Gasteiger partial charge in [0, 0.05) is 0 Å². The number of hydrogen-bond donors (Lipinski definition) is 0. The lowest BCUT2D eigenvalue weighted by atomic mass is 10.0. The lowest BCUT2D eigenvalue weighted by molar-refractivity contribution is 0.334. The predicted octanol–water partition coefficient (Wildman–Crippen LogP) is 3.15. The molecule has 0 fully saturated rings. The Morgan fingerprint density at radius 2 is 1.83 bits per heavy atom. The summed E-state index contributed by atoms with van der Waals surface area (Å²) < 4.78 is 0. The minimum Gasteiger partial charge on any atom is -0.307 e. The zero-order valence-electron chi connectivity index (χ0n) is 9.27. The predicted molar refractivity (Wildman–Crippen MR) is 56.5 cm³/mol. The first kappa shape index (κ1) is 12.0. The van der Waals surface area contributed by atoms with Crippen molar-refractivity contribution in [2.24, 2.45) is 5.92 Å². The number of nitrogens with zero attached hydrogens (tertiary/aromatic N) is 1. The molecule has 74 valence electrons. The first-order valence-electron chi connectivity index (χ1n) is 5.39. The van der Waals surface area contributed by atoms with Gasteiger partial charge in [0.15, 0.2) is 0 Å². The topological polar surface area (TPSA) is 3.24 Å². The van der Waals surface area contributed by atoms with Crippen LogP contribution in [0.25, 0.3) is 0 Å². The molecule has 0 aromatic heterocycles. The maximum Gasteiger partial charge on any atom is -0.00219 e. The van der Waals surface area contributed by atoms with Gasteiger partial charge in [0.1, 0.15) is 0 Å². The maximum absolute atomic E-state index is 2.39. The van der Waals surface area contributed by atoms with Crippen molar-refractivity contribution in [3.05, 3.63) is 0 Å². The Morgan fingerprint density at radius 3 is 2.33 bits per heavy atom. The van der Waals surface area contributed by atoms with Gasteiger partial charge in [-0.05, 0) is 32.5 Å². The van der Waals surface area contributed by atoms with Crippen molar-refractivity contribution in [2.45, 2.75) is 46.5 Å². The SMILES string of the molecule is CCC(C)CCCCN(C)CC. The van der Waals surface area contributed by atoms with E-state index < -0.39 is 0 Å². The van der Waals surface area contributed by atoms with E-state index in [1.807, 2.05) is 0 Å². The van der Waals surface area contributed by atoms with Crippen molar-refractivity contribution in [2.75, 3.05) is 20.1 Å². The molecule has 0 aromatic carbocycles. The van der Waals surface area contributed by atoms with Crippen molar-refractivity contribution >= 4 is 0 Å². The third-order valence-corrected chi connectivity index (χ3v) is 2.72. The van der Waals surface area contributed by atoms with Gasteiger partial charge in [-0.2, -0.15) is 0 Å². The van der Waals surface area contributed by atoms with Gasteiger partial charge in [0.05, 0.1) is 0 Å². The van der Waals surface area contributed by atoms with Crippen LogP contribution >= 0.6 is 0 Å². The van der Waals surface area contributed by atoms with Crippen LogP contribution in [0.3, 0.4) is 0 Å². The molecule has 0 saturated heterocycles. The summed E-state index contributed by atoms with van der Waals surface area (Å²) in [5.74, 6) is 0.928. The third-order valence-electron chi connectivity index (χ3n) is 2.72. The molecule has 0 saturated carbocycles. The summed E-state index contributed by atoms with van der Waals surface area (Å²) in [6.07, 6.45) is 5.52. The highest BCUT2D eigenvalue weighted by molar-refractivity contribution is 4.53. The van der Waals surface area contributed by atoms with E-state index >= 15 is 0 Å². The van der Waals surface area contributed by atoms with E-state index in [2.05, 4.69) is 32.7 Å². The Morgan fingerprint density at radius 1 is 1.17 bits per heavy atom. The van der Waals surface area contributed by atoms with E-state index in [4.69, 9.17) is 0 Å². The summed E-state index contributed by atoms with van der Waals surface area (Å²) in [5.41, 5.74) is 0. The molecular weight excluding hydrogens is 146 g/mol. The van der Waals surface area contributed by atoms with E-state index in [0.717, 1.165) is 5.92 Å². The highest BCUT2D eigenvalue weighted by Crippen LogP contribution is 2.10. The largest absolute Gasteiger partial charge is 0.307 e. The summed E-state index contributed by atoms with van der Waals surface area (Å²) in [4.78, 5) is 2.39. The summed E-state index contributed by atoms with van der Waals surface area (Å²) in [5, 5.41) is 0. The van der Waals surface area contributed by atoms with Crippen molar-refractivity contribution in [1.29, 1.82) is 0 Å². The van der Waals surface area contributed by atoms with Crippen molar-refractivity contribution in [3.8, 4) is 0 Å². The Kier molecular flexibility index (Phi) is 7.58. The molecule has 0 spiro atoms. The number of hydrogen-bond acceptors (Lipinski definition) is 1. The van der Waals surface area contributed by atoms with Gasteiger partial charge in [-0.25, -0.2) is 0 Å². The molecule has 1 unspecified atom stereocenters. The van der Waals surface area contributed by atoms with Crippen LogP contribution < -0.4 is 0 Å². The maximum atomic E-state index is 2.39. The van der Waals surface area contributed by atoms with Crippen molar-refractivity contribution < 1.29 is 0 Å². The Labute approximate surface area is 78.1 Å². The molecule has 0 aliphatic carbocycles. The average Bonchev–Trinajstić information content (AvgIpc) is 2.11. The van der Waals surface area contributed by atoms with Gasteiger partial charge in [0.25, 0.3) is 0 Å². The molecule has 0 heterocycles. The Bertz CT molecular complexity index is 79.0. The van der Waals surface area contributed by atoms with Gasteiger partial charge < -0.3 is 4.90 Å². The van der Waals surface area contributed by atoms with E-state index in [9.17, 15) is 0 Å². The molecule has 0 radical (unpaired) electrons.